The lowest BCUT2D eigenvalue weighted by atomic mass is 10.2. The number of fused-ring (bicyclic) bond motifs is 1. The fraction of sp³-hybridized carbons (Fsp3) is 0.278. The molecule has 0 bridgehead atoms. The van der Waals surface area contributed by atoms with Crippen molar-refractivity contribution in [3.05, 3.63) is 54.1 Å². The van der Waals surface area contributed by atoms with Crippen LogP contribution in [0.5, 0.6) is 11.6 Å². The van der Waals surface area contributed by atoms with Gasteiger partial charge in [0.1, 0.15) is 19.0 Å². The second-order valence-corrected chi connectivity index (χ2v) is 5.45. The van der Waals surface area contributed by atoms with Gasteiger partial charge in [0.15, 0.2) is 5.58 Å². The number of rotatable bonds is 8. The van der Waals surface area contributed by atoms with E-state index in [0.29, 0.717) is 31.3 Å². The van der Waals surface area contributed by atoms with Gasteiger partial charge in [0.05, 0.1) is 18.0 Å². The first-order valence-electron chi connectivity index (χ1n) is 7.69. The summed E-state index contributed by atoms with van der Waals surface area (Å²) in [6.07, 6.45) is 0. The van der Waals surface area contributed by atoms with E-state index in [1.807, 2.05) is 48.5 Å². The maximum Gasteiger partial charge on any atom is 0.262 e. The molecule has 1 unspecified atom stereocenters. The predicted octanol–water partition coefficient (Wildman–Crippen LogP) is 3.18. The summed E-state index contributed by atoms with van der Waals surface area (Å²) in [5.41, 5.74) is 7.59. The molecule has 0 saturated heterocycles. The van der Waals surface area contributed by atoms with Crippen molar-refractivity contribution in [3.63, 3.8) is 0 Å². The molecule has 0 aliphatic carbocycles. The molecule has 1 heterocycles. The van der Waals surface area contributed by atoms with Crippen molar-refractivity contribution < 1.29 is 18.7 Å². The Morgan fingerprint density at radius 2 is 1.88 bits per heavy atom. The first-order valence-corrected chi connectivity index (χ1v) is 7.69. The van der Waals surface area contributed by atoms with Gasteiger partial charge in [-0.25, -0.2) is 0 Å². The summed E-state index contributed by atoms with van der Waals surface area (Å²) in [6.45, 7) is 1.21. The highest BCUT2D eigenvalue weighted by Crippen LogP contribution is 2.29. The van der Waals surface area contributed by atoms with E-state index in [0.717, 1.165) is 16.7 Å². The number of halogens is 1. The van der Waals surface area contributed by atoms with E-state index in [1.165, 1.54) is 0 Å². The highest BCUT2D eigenvalue weighted by Gasteiger charge is 2.12. The fourth-order valence-electron chi connectivity index (χ4n) is 2.28. The molecule has 3 rings (SSSR count). The zero-order valence-corrected chi connectivity index (χ0v) is 14.7. The van der Waals surface area contributed by atoms with Gasteiger partial charge in [-0.1, -0.05) is 30.3 Å². The molecular weight excluding hydrogens is 344 g/mol. The van der Waals surface area contributed by atoms with E-state index in [4.69, 9.17) is 24.5 Å². The summed E-state index contributed by atoms with van der Waals surface area (Å²) < 4.78 is 21.7. The number of ether oxygens (including phenoxy) is 3. The van der Waals surface area contributed by atoms with Crippen molar-refractivity contribution in [2.24, 2.45) is 5.73 Å². The molecule has 25 heavy (non-hydrogen) atoms. The first-order chi connectivity index (χ1) is 11.8. The summed E-state index contributed by atoms with van der Waals surface area (Å²) in [5, 5.41) is 4.69. The molecule has 2 N–H and O–H groups in total. The van der Waals surface area contributed by atoms with Crippen LogP contribution in [0, 0.1) is 0 Å². The van der Waals surface area contributed by atoms with Crippen LogP contribution in [0.3, 0.4) is 0 Å². The van der Waals surface area contributed by atoms with E-state index in [-0.39, 0.29) is 18.4 Å². The average molecular weight is 365 g/mol. The Morgan fingerprint density at radius 1 is 1.08 bits per heavy atom. The quantitative estimate of drug-likeness (QED) is 0.661. The Labute approximate surface area is 152 Å². The van der Waals surface area contributed by atoms with Crippen molar-refractivity contribution in [1.82, 2.24) is 5.16 Å². The lowest BCUT2D eigenvalue weighted by molar-refractivity contribution is 0.149. The third kappa shape index (κ3) is 5.09. The van der Waals surface area contributed by atoms with Gasteiger partial charge in [0, 0.05) is 7.11 Å². The lowest BCUT2D eigenvalue weighted by Crippen LogP contribution is -2.32. The Hall–Kier alpha value is -2.28. The molecular formula is C18H21ClN2O4. The topological polar surface area (TPSA) is 79.7 Å². The molecule has 0 amide bonds. The van der Waals surface area contributed by atoms with Crippen LogP contribution < -0.4 is 15.2 Å². The maximum absolute atomic E-state index is 5.85. The van der Waals surface area contributed by atoms with Gasteiger partial charge in [-0.3, -0.25) is 0 Å². The van der Waals surface area contributed by atoms with Crippen molar-refractivity contribution in [2.75, 3.05) is 20.3 Å². The number of benzene rings is 2. The van der Waals surface area contributed by atoms with Crippen molar-refractivity contribution in [2.45, 2.75) is 12.6 Å². The van der Waals surface area contributed by atoms with Crippen LogP contribution in [0.4, 0.5) is 0 Å². The lowest BCUT2D eigenvalue weighted by Gasteiger charge is -2.10. The standard InChI is InChI=1S/C18H20N2O4.ClH/c1-21-11-14(19)12-23-18-16-9-15(7-8-17(16)24-20-18)22-10-13-5-3-2-4-6-13;/h2-9,14H,10-12,19H2,1H3;1H. The summed E-state index contributed by atoms with van der Waals surface area (Å²) in [4.78, 5) is 0. The van der Waals surface area contributed by atoms with Crippen LogP contribution in [-0.2, 0) is 11.3 Å². The van der Waals surface area contributed by atoms with Gasteiger partial charge < -0.3 is 24.5 Å². The van der Waals surface area contributed by atoms with E-state index in [1.54, 1.807) is 7.11 Å². The van der Waals surface area contributed by atoms with E-state index in [2.05, 4.69) is 5.16 Å². The number of hydrogen-bond acceptors (Lipinski definition) is 6. The summed E-state index contributed by atoms with van der Waals surface area (Å²) in [5.74, 6) is 1.13. The molecule has 0 aliphatic rings. The second kappa shape index (κ2) is 9.27. The molecule has 6 nitrogen and oxygen atoms in total. The van der Waals surface area contributed by atoms with E-state index in [9.17, 15) is 0 Å². The SMILES string of the molecule is COCC(N)COc1noc2ccc(OCc3ccccc3)cc12.Cl. The van der Waals surface area contributed by atoms with Gasteiger partial charge in [0.25, 0.3) is 5.88 Å². The zero-order chi connectivity index (χ0) is 16.8. The minimum Gasteiger partial charge on any atom is -0.489 e. The summed E-state index contributed by atoms with van der Waals surface area (Å²) in [7, 11) is 1.60. The monoisotopic (exact) mass is 364 g/mol. The second-order valence-electron chi connectivity index (χ2n) is 5.45. The third-order valence-electron chi connectivity index (χ3n) is 3.47. The molecule has 0 aliphatic heterocycles. The van der Waals surface area contributed by atoms with Gasteiger partial charge >= 0.3 is 0 Å². The largest absolute Gasteiger partial charge is 0.489 e. The molecule has 0 radical (unpaired) electrons. The molecule has 0 spiro atoms. The van der Waals surface area contributed by atoms with E-state index >= 15 is 0 Å². The summed E-state index contributed by atoms with van der Waals surface area (Å²) >= 11 is 0. The predicted molar refractivity (Wildman–Crippen MR) is 97.4 cm³/mol. The Kier molecular flexibility index (Phi) is 7.06. The molecule has 2 aromatic carbocycles. The van der Waals surface area contributed by atoms with Crippen LogP contribution in [-0.4, -0.2) is 31.5 Å². The smallest absolute Gasteiger partial charge is 0.262 e. The van der Waals surface area contributed by atoms with Gasteiger partial charge in [0.2, 0.25) is 0 Å². The Balaban J connectivity index is 0.00000225. The number of aromatic nitrogens is 1. The van der Waals surface area contributed by atoms with Crippen molar-refractivity contribution in [3.8, 4) is 11.6 Å². The van der Waals surface area contributed by atoms with Crippen LogP contribution in [0.2, 0.25) is 0 Å². The van der Waals surface area contributed by atoms with Gasteiger partial charge in [-0.2, -0.15) is 0 Å². The average Bonchev–Trinajstić information content (AvgIpc) is 3.02. The summed E-state index contributed by atoms with van der Waals surface area (Å²) in [6, 6.07) is 15.3. The molecule has 134 valence electrons. The maximum atomic E-state index is 5.85. The highest BCUT2D eigenvalue weighted by molar-refractivity contribution is 5.85. The van der Waals surface area contributed by atoms with Crippen molar-refractivity contribution in [1.29, 1.82) is 0 Å². The molecule has 7 heteroatoms. The first kappa shape index (κ1) is 19.1. The Morgan fingerprint density at radius 3 is 2.64 bits per heavy atom. The molecule has 1 atom stereocenters. The van der Waals surface area contributed by atoms with Gasteiger partial charge in [-0.05, 0) is 28.9 Å². The van der Waals surface area contributed by atoms with Crippen LogP contribution in [0.1, 0.15) is 5.56 Å². The number of nitrogens with zero attached hydrogens (tertiary/aromatic N) is 1. The molecule has 1 aromatic heterocycles. The molecule has 0 saturated carbocycles. The highest BCUT2D eigenvalue weighted by atomic mass is 35.5. The van der Waals surface area contributed by atoms with Crippen LogP contribution in [0.25, 0.3) is 11.0 Å². The number of nitrogens with two attached hydrogens (primary N) is 1. The fourth-order valence-corrected chi connectivity index (χ4v) is 2.28. The number of methoxy groups -OCH3 is 1. The van der Waals surface area contributed by atoms with Gasteiger partial charge in [-0.15, -0.1) is 12.4 Å². The molecule has 3 aromatic rings. The zero-order valence-electron chi connectivity index (χ0n) is 13.9. The Bertz CT molecular complexity index is 779. The normalized spacial score (nSPS) is 11.8. The van der Waals surface area contributed by atoms with Crippen LogP contribution >= 0.6 is 12.4 Å². The third-order valence-corrected chi connectivity index (χ3v) is 3.47. The molecule has 0 fully saturated rings. The minimum absolute atomic E-state index is 0. The van der Waals surface area contributed by atoms with Crippen molar-refractivity contribution >= 4 is 23.4 Å². The van der Waals surface area contributed by atoms with Crippen LogP contribution in [0.15, 0.2) is 53.1 Å². The number of hydrogen-bond donors (Lipinski definition) is 1. The minimum atomic E-state index is -0.223. The van der Waals surface area contributed by atoms with E-state index < -0.39 is 0 Å².